The minimum Gasteiger partial charge on any atom is -0.461 e. The van der Waals surface area contributed by atoms with Gasteiger partial charge in [0.05, 0.1) is 18.3 Å². The summed E-state index contributed by atoms with van der Waals surface area (Å²) in [6.07, 6.45) is 14.8. The summed E-state index contributed by atoms with van der Waals surface area (Å²) in [6, 6.07) is 6.00. The fourth-order valence-electron chi connectivity index (χ4n) is 11.0. The number of Topliss-reactive ketones (excluding diaryl/α,β-unsaturated/α-hetero) is 2. The average Bonchev–Trinajstić information content (AvgIpc) is 3.33. The maximum absolute atomic E-state index is 14.5. The van der Waals surface area contributed by atoms with Crippen molar-refractivity contribution in [1.29, 1.82) is 0 Å². The number of anilines is 1. The molecule has 0 spiro atoms. The molecule has 2 saturated heterocycles. The Hall–Kier alpha value is -3.69. The van der Waals surface area contributed by atoms with Crippen LogP contribution < -0.4 is 5.32 Å². The Morgan fingerprint density at radius 2 is 1.63 bits per heavy atom. The number of aliphatic hydroxyl groups is 3. The molecule has 3 heterocycles. The van der Waals surface area contributed by atoms with Gasteiger partial charge in [0.2, 0.25) is 5.79 Å². The number of rotatable bonds is 7. The predicted octanol–water partition coefficient (Wildman–Crippen LogP) is 9.12. The molecule has 2 bridgehead atoms. The summed E-state index contributed by atoms with van der Waals surface area (Å²) in [6.45, 7) is 13.6. The lowest BCUT2D eigenvalue weighted by Gasteiger charge is -2.43. The second-order valence-corrected chi connectivity index (χ2v) is 21.6. The van der Waals surface area contributed by atoms with Crippen molar-refractivity contribution in [2.24, 2.45) is 35.5 Å². The number of esters is 1. The summed E-state index contributed by atoms with van der Waals surface area (Å²) < 4.78 is 24.1. The number of amides is 1. The van der Waals surface area contributed by atoms with Crippen molar-refractivity contribution in [1.82, 2.24) is 4.90 Å². The first-order valence-electron chi connectivity index (χ1n) is 25.9. The van der Waals surface area contributed by atoms with E-state index in [0.29, 0.717) is 87.6 Å². The zero-order valence-electron chi connectivity index (χ0n) is 43.2. The lowest BCUT2D eigenvalue weighted by molar-refractivity contribution is -0.263. The van der Waals surface area contributed by atoms with Crippen LogP contribution in [0, 0.1) is 35.5 Å². The summed E-state index contributed by atoms with van der Waals surface area (Å²) in [5.74, 6) is -6.26. The molecule has 1 aromatic rings. The molecule has 4 N–H and O–H groups in total. The van der Waals surface area contributed by atoms with Gasteiger partial charge in [0.1, 0.15) is 24.4 Å². The summed E-state index contributed by atoms with van der Waals surface area (Å²) in [4.78, 5) is 58.5. The Balaban J connectivity index is 1.48. The van der Waals surface area contributed by atoms with Gasteiger partial charge in [-0.05, 0) is 145 Å². The Kier molecular flexibility index (Phi) is 21.9. The minimum atomic E-state index is -2.42. The number of aliphatic hydroxyl groups excluding tert-OH is 2. The van der Waals surface area contributed by atoms with Crippen molar-refractivity contribution in [3.63, 3.8) is 0 Å². The molecule has 390 valence electrons. The number of hydrogen-bond donors (Lipinski definition) is 4. The summed E-state index contributed by atoms with van der Waals surface area (Å²) in [5.41, 5.74) is 2.32. The summed E-state index contributed by atoms with van der Waals surface area (Å²) in [7, 11) is 3.05. The topological polar surface area (TPSA) is 181 Å². The number of methoxy groups -OCH3 is 2. The molecule has 4 aliphatic rings. The summed E-state index contributed by atoms with van der Waals surface area (Å²) >= 11 is 6.38. The number of halogens is 1. The Morgan fingerprint density at radius 3 is 2.34 bits per heavy atom. The van der Waals surface area contributed by atoms with Crippen LogP contribution in [0.2, 0.25) is 5.02 Å². The number of carbonyl (C=O) groups is 4. The van der Waals surface area contributed by atoms with Crippen LogP contribution in [-0.4, -0.2) is 119 Å². The lowest BCUT2D eigenvalue weighted by Crippen LogP contribution is -2.61. The second-order valence-electron chi connectivity index (χ2n) is 21.2. The lowest BCUT2D eigenvalue weighted by atomic mass is 9.78. The van der Waals surface area contributed by atoms with Gasteiger partial charge in [-0.2, -0.15) is 0 Å². The van der Waals surface area contributed by atoms with Crippen LogP contribution in [0.3, 0.4) is 0 Å². The number of benzene rings is 1. The molecule has 13 nitrogen and oxygen atoms in total. The van der Waals surface area contributed by atoms with E-state index >= 15 is 0 Å². The fourth-order valence-corrected chi connectivity index (χ4v) is 11.2. The van der Waals surface area contributed by atoms with E-state index in [1.165, 1.54) is 12.0 Å². The maximum Gasteiger partial charge on any atom is 0.329 e. The smallest absolute Gasteiger partial charge is 0.329 e. The third kappa shape index (κ3) is 15.4. The molecule has 0 radical (unpaired) electrons. The van der Waals surface area contributed by atoms with Crippen molar-refractivity contribution >= 4 is 40.7 Å². The molecular weight excluding hydrogens is 912 g/mol. The van der Waals surface area contributed by atoms with E-state index in [-0.39, 0.29) is 54.1 Å². The van der Waals surface area contributed by atoms with Gasteiger partial charge in [0, 0.05) is 49.4 Å². The van der Waals surface area contributed by atoms with Crippen molar-refractivity contribution in [2.75, 3.05) is 26.1 Å². The molecule has 1 aliphatic carbocycles. The minimum absolute atomic E-state index is 0.0451. The number of nitrogens with one attached hydrogen (secondary N) is 1. The third-order valence-electron chi connectivity index (χ3n) is 15.5. The molecule has 15 atom stereocenters. The summed E-state index contributed by atoms with van der Waals surface area (Å²) in [5, 5.41) is 38.4. The van der Waals surface area contributed by atoms with E-state index in [2.05, 4.69) is 12.2 Å². The van der Waals surface area contributed by atoms with Gasteiger partial charge in [-0.1, -0.05) is 94.3 Å². The van der Waals surface area contributed by atoms with E-state index in [1.54, 1.807) is 27.0 Å². The molecule has 3 aliphatic heterocycles. The zero-order chi connectivity index (χ0) is 51.3. The van der Waals surface area contributed by atoms with E-state index in [0.717, 1.165) is 17.7 Å². The van der Waals surface area contributed by atoms with Crippen LogP contribution in [0.1, 0.15) is 132 Å². The van der Waals surface area contributed by atoms with Gasteiger partial charge in [-0.25, -0.2) is 4.79 Å². The number of piperidine rings is 1. The van der Waals surface area contributed by atoms with Crippen LogP contribution in [0.4, 0.5) is 5.69 Å². The average molecular weight is 996 g/mol. The maximum atomic E-state index is 14.5. The number of allylic oxidation sites excluding steroid dienone is 6. The highest BCUT2D eigenvalue weighted by Crippen LogP contribution is 2.38. The van der Waals surface area contributed by atoms with Crippen LogP contribution >= 0.6 is 11.6 Å². The Labute approximate surface area is 422 Å². The normalized spacial score (nSPS) is 38.2. The van der Waals surface area contributed by atoms with Crippen molar-refractivity contribution in [2.45, 2.75) is 186 Å². The van der Waals surface area contributed by atoms with Gasteiger partial charge in [0.25, 0.3) is 11.7 Å². The van der Waals surface area contributed by atoms with Crippen molar-refractivity contribution in [3.8, 4) is 0 Å². The molecule has 3 fully saturated rings. The standard InChI is InChI=1S/C56H83ClN2O11/c1-34-16-11-10-12-17-36(3)45(58-43-19-15-18-42(57)32-43)33-44-24-22-40(7)56(66,70-44)53(63)54(64)59-27-14-13-20-46(59)55(65)69-48(37(4)30-41-23-25-47(60)49(31-41)67-8)26-21-35(2)29-39(6)51(62)52(68-9)50(61)38(5)28-34/h10-12,15-19,29,32,34-35,37-38,40-41,44-49,51-52,58,60,62,66H,13-14,20-28,30-31,33H2,1-9H3/b12-10+,16-11+,36-17+,39-29+/t34-,35+,37-,38?,40?,41?,44+,45-,46?,47-,48+,49?,51?,52+,56?/m1/s1. The molecule has 7 unspecified atom stereocenters. The van der Waals surface area contributed by atoms with E-state index in [9.17, 15) is 34.5 Å². The number of cyclic esters (lactones) is 1. The monoisotopic (exact) mass is 995 g/mol. The van der Waals surface area contributed by atoms with Crippen LogP contribution in [0.15, 0.2) is 71.9 Å². The number of nitrogens with zero attached hydrogens (tertiary/aromatic N) is 1. The van der Waals surface area contributed by atoms with E-state index in [4.69, 9.17) is 30.5 Å². The highest BCUT2D eigenvalue weighted by atomic mass is 35.5. The largest absolute Gasteiger partial charge is 0.461 e. The molecule has 1 amide bonds. The third-order valence-corrected chi connectivity index (χ3v) is 15.7. The number of ether oxygens (including phenoxy) is 4. The predicted molar refractivity (Wildman–Crippen MR) is 273 cm³/mol. The SMILES string of the molecule is COC1CC(C[C@@H](C)[C@@H]2CC[C@H](C)/C=C(\C)C(O)[C@@H](OC)C(=O)C(C)C[C@H](C)/C=C/C=C/C=C(\C)[C@H](Nc3cccc(Cl)c3)C[C@@H]3CCC(C)C(O)(O3)C(=O)C(=O)N3CCCCC3C(=O)O2)CC[C@H]1O. The number of ketones is 2. The number of hydrogen-bond acceptors (Lipinski definition) is 12. The quantitative estimate of drug-likeness (QED) is 0.116. The molecule has 1 saturated carbocycles. The van der Waals surface area contributed by atoms with Crippen LogP contribution in [0.25, 0.3) is 0 Å². The molecule has 5 rings (SSSR count). The second kappa shape index (κ2) is 26.8. The van der Waals surface area contributed by atoms with Gasteiger partial charge in [-0.15, -0.1) is 0 Å². The molecule has 14 heteroatoms. The van der Waals surface area contributed by atoms with E-state index in [1.807, 2.05) is 82.4 Å². The highest BCUT2D eigenvalue weighted by Gasteiger charge is 2.53. The van der Waals surface area contributed by atoms with Crippen molar-refractivity contribution in [3.05, 3.63) is 76.9 Å². The first kappa shape index (κ1) is 57.2. The van der Waals surface area contributed by atoms with Gasteiger partial charge in [0.15, 0.2) is 5.78 Å². The van der Waals surface area contributed by atoms with Gasteiger partial charge < -0.3 is 44.5 Å². The van der Waals surface area contributed by atoms with E-state index < -0.39 is 65.9 Å². The Bertz CT molecular complexity index is 2040. The molecule has 0 aromatic heterocycles. The zero-order valence-corrected chi connectivity index (χ0v) is 43.9. The molecule has 70 heavy (non-hydrogen) atoms. The fraction of sp³-hybridized carbons (Fsp3) is 0.679. The van der Waals surface area contributed by atoms with Crippen LogP contribution in [0.5, 0.6) is 0 Å². The van der Waals surface area contributed by atoms with Gasteiger partial charge >= 0.3 is 5.97 Å². The molecular formula is C56H83ClN2O11. The van der Waals surface area contributed by atoms with Gasteiger partial charge in [-0.3, -0.25) is 14.4 Å². The first-order chi connectivity index (χ1) is 33.3. The van der Waals surface area contributed by atoms with Crippen LogP contribution in [-0.2, 0) is 38.1 Å². The molecule has 1 aromatic carbocycles. The number of fused-ring (bicyclic) bond motifs is 3. The highest BCUT2D eigenvalue weighted by molar-refractivity contribution is 6.39. The number of carbonyl (C=O) groups excluding carboxylic acids is 4. The Morgan fingerprint density at radius 1 is 0.871 bits per heavy atom. The first-order valence-corrected chi connectivity index (χ1v) is 26.3. The van der Waals surface area contributed by atoms with Crippen molar-refractivity contribution < 1.29 is 53.4 Å².